The number of nitrogens with zero attached hydrogens (tertiary/aromatic N) is 1. The highest BCUT2D eigenvalue weighted by molar-refractivity contribution is 7.99. The van der Waals surface area contributed by atoms with Gasteiger partial charge in [0, 0.05) is 27.9 Å². The fraction of sp³-hybridized carbons (Fsp3) is 0.286. The smallest absolute Gasteiger partial charge is 0.265 e. The topological polar surface area (TPSA) is 86.7 Å². The lowest BCUT2D eigenvalue weighted by molar-refractivity contribution is -0.133. The van der Waals surface area contributed by atoms with Crippen LogP contribution in [-0.4, -0.2) is 48.8 Å². The summed E-state index contributed by atoms with van der Waals surface area (Å²) in [5.41, 5.74) is 1.55. The van der Waals surface area contributed by atoms with Gasteiger partial charge in [0.1, 0.15) is 0 Å². The highest BCUT2D eigenvalue weighted by Crippen LogP contribution is 2.37. The zero-order valence-corrected chi connectivity index (χ0v) is 18.4. The van der Waals surface area contributed by atoms with Crippen LogP contribution in [-0.2, 0) is 14.6 Å². The molecule has 1 aliphatic heterocycles. The number of hydrogen-bond acceptors (Lipinski definition) is 6. The second kappa shape index (κ2) is 9.41. The van der Waals surface area contributed by atoms with Gasteiger partial charge in [-0.3, -0.25) is 14.9 Å². The summed E-state index contributed by atoms with van der Waals surface area (Å²) in [6.07, 6.45) is 5.42. The van der Waals surface area contributed by atoms with Crippen LogP contribution >= 0.6 is 23.4 Å². The second-order valence-corrected chi connectivity index (χ2v) is 10.8. The van der Waals surface area contributed by atoms with Gasteiger partial charge >= 0.3 is 0 Å². The summed E-state index contributed by atoms with van der Waals surface area (Å²) in [6.45, 7) is 1.08. The molecule has 0 atom stereocenters. The van der Waals surface area contributed by atoms with E-state index in [-0.39, 0.29) is 17.7 Å². The summed E-state index contributed by atoms with van der Waals surface area (Å²) < 4.78 is 25.1. The lowest BCUT2D eigenvalue weighted by atomic mass is 9.95. The van der Waals surface area contributed by atoms with E-state index < -0.39 is 20.5 Å². The average molecular weight is 465 g/mol. The van der Waals surface area contributed by atoms with Crippen LogP contribution in [0.4, 0.5) is 0 Å². The minimum absolute atomic E-state index is 0.0388. The number of carbonyl (C=O) groups excluding carboxylic acids is 1. The van der Waals surface area contributed by atoms with Gasteiger partial charge in [0.25, 0.3) is 5.91 Å². The molecular weight excluding hydrogens is 444 g/mol. The van der Waals surface area contributed by atoms with E-state index in [0.29, 0.717) is 24.7 Å². The molecule has 30 heavy (non-hydrogen) atoms. The first-order valence-corrected chi connectivity index (χ1v) is 11.9. The van der Waals surface area contributed by atoms with Crippen LogP contribution in [0, 0.1) is 12.3 Å². The number of sulfone groups is 1. The number of nitrogens with one attached hydrogen (secondary N) is 1. The number of hydrogen-bond donors (Lipinski definition) is 2. The van der Waals surface area contributed by atoms with Gasteiger partial charge in [-0.15, -0.1) is 6.42 Å². The van der Waals surface area contributed by atoms with Crippen LogP contribution < -0.4 is 5.48 Å². The van der Waals surface area contributed by atoms with E-state index >= 15 is 0 Å². The third-order valence-corrected chi connectivity index (χ3v) is 8.97. The first kappa shape index (κ1) is 22.7. The Morgan fingerprint density at radius 3 is 2.17 bits per heavy atom. The lowest BCUT2D eigenvalue weighted by Gasteiger charge is -2.38. The summed E-state index contributed by atoms with van der Waals surface area (Å²) in [4.78, 5) is 16.3. The Hall–Kier alpha value is -2.02. The van der Waals surface area contributed by atoms with E-state index in [9.17, 15) is 18.4 Å². The molecule has 2 aromatic carbocycles. The molecule has 2 N–H and O–H groups in total. The molecule has 3 rings (SSSR count). The molecule has 1 aliphatic rings. The molecule has 1 amide bonds. The molecule has 158 valence electrons. The summed E-state index contributed by atoms with van der Waals surface area (Å²) in [6, 6.07) is 13.7. The molecule has 0 bridgehead atoms. The van der Waals surface area contributed by atoms with Gasteiger partial charge in [0.15, 0.2) is 14.6 Å². The van der Waals surface area contributed by atoms with Crippen LogP contribution in [0.5, 0.6) is 0 Å². The Morgan fingerprint density at radius 1 is 1.13 bits per heavy atom. The van der Waals surface area contributed by atoms with Crippen molar-refractivity contribution in [3.8, 4) is 12.3 Å². The number of hydroxylamine groups is 1. The van der Waals surface area contributed by atoms with Crippen LogP contribution in [0.1, 0.15) is 12.8 Å². The van der Waals surface area contributed by atoms with Crippen LogP contribution in [0.2, 0.25) is 5.02 Å². The number of carbonyl (C=O) groups is 1. The van der Waals surface area contributed by atoms with Gasteiger partial charge in [0.05, 0.1) is 11.4 Å². The summed E-state index contributed by atoms with van der Waals surface area (Å²) >= 11 is 7.37. The summed E-state index contributed by atoms with van der Waals surface area (Å²) in [7, 11) is -4.05. The number of benzene rings is 2. The van der Waals surface area contributed by atoms with Crippen LogP contribution in [0.3, 0.4) is 0 Å². The number of terminal acetylenes is 1. The largest absolute Gasteiger partial charge is 0.292 e. The van der Waals surface area contributed by atoms with Gasteiger partial charge in [-0.05, 0) is 61.4 Å². The molecule has 1 fully saturated rings. The number of likely N-dealkylation sites (tertiary alicyclic amines) is 1. The SMILES string of the molecule is C#CCN1CCC(C(=O)NO)(S(=O)(=O)c2ccc(Sc3ccc(Cl)cc3)cc2)CC1. The molecule has 0 aromatic heterocycles. The zero-order valence-electron chi connectivity index (χ0n) is 16.0. The summed E-state index contributed by atoms with van der Waals surface area (Å²) in [5, 5.41) is 9.88. The van der Waals surface area contributed by atoms with E-state index in [1.807, 2.05) is 17.0 Å². The van der Waals surface area contributed by atoms with Crippen molar-refractivity contribution in [3.63, 3.8) is 0 Å². The Kier molecular flexibility index (Phi) is 7.11. The van der Waals surface area contributed by atoms with Crippen molar-refractivity contribution in [2.24, 2.45) is 0 Å². The van der Waals surface area contributed by atoms with Crippen molar-refractivity contribution in [2.75, 3.05) is 19.6 Å². The van der Waals surface area contributed by atoms with E-state index in [1.165, 1.54) is 23.9 Å². The fourth-order valence-corrected chi connectivity index (χ4v) is 6.37. The van der Waals surface area contributed by atoms with Crippen molar-refractivity contribution < 1.29 is 18.4 Å². The van der Waals surface area contributed by atoms with Crippen molar-refractivity contribution in [2.45, 2.75) is 32.3 Å². The molecule has 1 heterocycles. The van der Waals surface area contributed by atoms with Gasteiger partial charge in [-0.2, -0.15) is 0 Å². The molecule has 9 heteroatoms. The minimum Gasteiger partial charge on any atom is -0.292 e. The molecule has 0 spiro atoms. The predicted octanol–water partition coefficient (Wildman–Crippen LogP) is 3.24. The molecule has 0 saturated carbocycles. The van der Waals surface area contributed by atoms with Crippen molar-refractivity contribution in [1.29, 1.82) is 0 Å². The van der Waals surface area contributed by atoms with E-state index in [1.54, 1.807) is 29.7 Å². The van der Waals surface area contributed by atoms with Crippen molar-refractivity contribution in [3.05, 3.63) is 53.6 Å². The second-order valence-electron chi connectivity index (χ2n) is 6.95. The van der Waals surface area contributed by atoms with Gasteiger partial charge in [0.2, 0.25) is 0 Å². The molecule has 0 aliphatic carbocycles. The van der Waals surface area contributed by atoms with E-state index in [2.05, 4.69) is 5.92 Å². The van der Waals surface area contributed by atoms with Crippen molar-refractivity contribution in [1.82, 2.24) is 10.4 Å². The number of halogens is 1. The van der Waals surface area contributed by atoms with Gasteiger partial charge in [-0.1, -0.05) is 29.3 Å². The maximum absolute atomic E-state index is 13.4. The molecular formula is C21H21ClN2O4S2. The van der Waals surface area contributed by atoms with Gasteiger partial charge < -0.3 is 0 Å². The third kappa shape index (κ3) is 4.51. The quantitative estimate of drug-likeness (QED) is 0.387. The molecule has 6 nitrogen and oxygen atoms in total. The lowest BCUT2D eigenvalue weighted by Crippen LogP contribution is -2.57. The Bertz CT molecular complexity index is 1040. The average Bonchev–Trinajstić information content (AvgIpc) is 2.76. The van der Waals surface area contributed by atoms with Crippen LogP contribution in [0.25, 0.3) is 0 Å². The Balaban J connectivity index is 1.85. The number of piperidine rings is 1. The normalized spacial score (nSPS) is 16.6. The first-order chi connectivity index (χ1) is 14.3. The molecule has 0 radical (unpaired) electrons. The van der Waals surface area contributed by atoms with E-state index in [0.717, 1.165) is 9.79 Å². The van der Waals surface area contributed by atoms with Crippen LogP contribution in [0.15, 0.2) is 63.2 Å². The minimum atomic E-state index is -4.05. The molecule has 0 unspecified atom stereocenters. The highest BCUT2D eigenvalue weighted by atomic mass is 35.5. The van der Waals surface area contributed by atoms with Gasteiger partial charge in [-0.25, -0.2) is 13.9 Å². The number of amides is 1. The number of rotatable bonds is 6. The fourth-order valence-electron chi connectivity index (χ4n) is 3.47. The maximum atomic E-state index is 13.4. The Labute approximate surface area is 185 Å². The standard InChI is InChI=1S/C21H21ClN2O4S2/c1-2-13-24-14-11-21(12-15-24,20(25)23-26)30(27,28)19-9-7-18(8-10-19)29-17-5-3-16(22)4-6-17/h1,3-10,26H,11-15H2,(H,23,25). The molecule has 2 aromatic rings. The van der Waals surface area contributed by atoms with Crippen molar-refractivity contribution >= 4 is 39.1 Å². The Morgan fingerprint density at radius 2 is 1.67 bits per heavy atom. The molecule has 1 saturated heterocycles. The first-order valence-electron chi connectivity index (χ1n) is 9.21. The zero-order chi connectivity index (χ0) is 21.8. The maximum Gasteiger partial charge on any atom is 0.265 e. The summed E-state index contributed by atoms with van der Waals surface area (Å²) in [5.74, 6) is 1.61. The third-order valence-electron chi connectivity index (χ3n) is 5.19. The van der Waals surface area contributed by atoms with E-state index in [4.69, 9.17) is 18.0 Å². The monoisotopic (exact) mass is 464 g/mol. The highest BCUT2D eigenvalue weighted by Gasteiger charge is 2.52. The predicted molar refractivity (Wildman–Crippen MR) is 116 cm³/mol.